The van der Waals surface area contributed by atoms with E-state index in [4.69, 9.17) is 14.7 Å². The van der Waals surface area contributed by atoms with Crippen LogP contribution in [-0.4, -0.2) is 22.5 Å². The molecule has 0 fully saturated rings. The summed E-state index contributed by atoms with van der Waals surface area (Å²) in [6.07, 6.45) is 1.80. The van der Waals surface area contributed by atoms with Crippen molar-refractivity contribution in [1.82, 2.24) is 9.97 Å². The number of carbonyl (C=O) groups is 1. The maximum absolute atomic E-state index is 13.3. The summed E-state index contributed by atoms with van der Waals surface area (Å²) in [4.78, 5) is 23.0. The summed E-state index contributed by atoms with van der Waals surface area (Å²) in [5.74, 6) is -0.453. The number of esters is 1. The minimum atomic E-state index is -0.453. The molecular formula is C33H24N2O2. The molecule has 0 aliphatic heterocycles. The predicted molar refractivity (Wildman–Crippen MR) is 149 cm³/mol. The van der Waals surface area contributed by atoms with Crippen molar-refractivity contribution in [1.29, 1.82) is 0 Å². The van der Waals surface area contributed by atoms with Crippen molar-refractivity contribution < 1.29 is 9.53 Å². The number of carbonyl (C=O) groups excluding carboxylic acids is 1. The Kier molecular flexibility index (Phi) is 5.91. The molecule has 0 atom stereocenters. The highest BCUT2D eigenvalue weighted by Crippen LogP contribution is 2.39. The highest BCUT2D eigenvalue weighted by Gasteiger charge is 2.22. The molecule has 0 saturated carbocycles. The Morgan fingerprint density at radius 3 is 1.97 bits per heavy atom. The quantitative estimate of drug-likeness (QED) is 0.185. The summed E-state index contributed by atoms with van der Waals surface area (Å²) < 4.78 is 5.49. The van der Waals surface area contributed by atoms with Gasteiger partial charge in [0.25, 0.3) is 0 Å². The zero-order chi connectivity index (χ0) is 25.2. The summed E-state index contributed by atoms with van der Waals surface area (Å²) >= 11 is 0. The molecule has 2 aromatic heterocycles. The highest BCUT2D eigenvalue weighted by molar-refractivity contribution is 6.19. The fraction of sp³-hybridized carbons (Fsp3) is 0.0606. The minimum absolute atomic E-state index is 0.263. The Morgan fingerprint density at radius 1 is 0.703 bits per heavy atom. The van der Waals surface area contributed by atoms with E-state index in [9.17, 15) is 4.79 Å². The number of hydrogen-bond donors (Lipinski definition) is 0. The van der Waals surface area contributed by atoms with Crippen LogP contribution in [-0.2, 0) is 4.74 Å². The van der Waals surface area contributed by atoms with Gasteiger partial charge in [0, 0.05) is 28.1 Å². The number of ether oxygens (including phenoxy) is 1. The molecule has 0 unspecified atom stereocenters. The van der Waals surface area contributed by atoms with Crippen molar-refractivity contribution in [3.05, 3.63) is 121 Å². The van der Waals surface area contributed by atoms with E-state index in [0.29, 0.717) is 11.1 Å². The summed E-state index contributed by atoms with van der Waals surface area (Å²) in [5.41, 5.74) is 6.85. The van der Waals surface area contributed by atoms with Crippen LogP contribution in [0.3, 0.4) is 0 Å². The number of aromatic nitrogens is 2. The van der Waals surface area contributed by atoms with Crippen LogP contribution in [0.25, 0.3) is 55.2 Å². The number of pyridine rings is 2. The lowest BCUT2D eigenvalue weighted by Gasteiger charge is -2.16. The minimum Gasteiger partial charge on any atom is -0.461 e. The van der Waals surface area contributed by atoms with E-state index in [2.05, 4.69) is 36.4 Å². The van der Waals surface area contributed by atoms with Crippen LogP contribution in [0.5, 0.6) is 0 Å². The van der Waals surface area contributed by atoms with Gasteiger partial charge in [-0.25, -0.2) is 9.78 Å². The molecule has 0 aliphatic rings. The van der Waals surface area contributed by atoms with E-state index in [1.165, 1.54) is 0 Å². The van der Waals surface area contributed by atoms with E-state index in [-0.39, 0.29) is 12.3 Å². The van der Waals surface area contributed by atoms with Gasteiger partial charge in [0.05, 0.1) is 17.8 Å². The van der Waals surface area contributed by atoms with Crippen LogP contribution >= 0.6 is 0 Å². The average Bonchev–Trinajstić information content (AvgIpc) is 2.97. The number of benzene rings is 4. The topological polar surface area (TPSA) is 52.1 Å². The Bertz CT molecular complexity index is 1730. The van der Waals surface area contributed by atoms with Crippen LogP contribution in [0, 0.1) is 0 Å². The Morgan fingerprint density at radius 2 is 1.32 bits per heavy atom. The van der Waals surface area contributed by atoms with Crippen LogP contribution in [0.15, 0.2) is 115 Å². The van der Waals surface area contributed by atoms with Crippen molar-refractivity contribution in [3.8, 4) is 33.5 Å². The maximum Gasteiger partial charge on any atom is 0.357 e. The average molecular weight is 481 g/mol. The molecule has 0 bridgehead atoms. The molecule has 0 saturated heterocycles. The summed E-state index contributed by atoms with van der Waals surface area (Å²) in [6, 6.07) is 36.7. The lowest BCUT2D eigenvalue weighted by Crippen LogP contribution is -2.10. The molecular weight excluding hydrogens is 456 g/mol. The first-order chi connectivity index (χ1) is 18.2. The van der Waals surface area contributed by atoms with Gasteiger partial charge in [-0.05, 0) is 47.2 Å². The third kappa shape index (κ3) is 4.13. The standard InChI is InChI=1S/C33H24N2O2/c1-2-37-33(36)32-29-26(18-19-34-30(29)24-16-10-5-11-17-24)28-21-25(22-12-6-3-7-13-22)20-27(31(28)35-32)23-14-8-4-9-15-23/h3-21H,2H2,1H3. The molecule has 2 heterocycles. The number of fused-ring (bicyclic) bond motifs is 3. The molecule has 0 radical (unpaired) electrons. The van der Waals surface area contributed by atoms with Crippen LogP contribution in [0.2, 0.25) is 0 Å². The number of hydrogen-bond acceptors (Lipinski definition) is 4. The molecule has 0 N–H and O–H groups in total. The van der Waals surface area contributed by atoms with Crippen LogP contribution in [0.4, 0.5) is 0 Å². The van der Waals surface area contributed by atoms with Gasteiger partial charge >= 0.3 is 5.97 Å². The monoisotopic (exact) mass is 480 g/mol. The molecule has 37 heavy (non-hydrogen) atoms. The second kappa shape index (κ2) is 9.67. The summed E-state index contributed by atoms with van der Waals surface area (Å²) in [7, 11) is 0. The van der Waals surface area contributed by atoms with Gasteiger partial charge in [-0.1, -0.05) is 91.0 Å². The van der Waals surface area contributed by atoms with E-state index in [1.807, 2.05) is 72.8 Å². The third-order valence-corrected chi connectivity index (χ3v) is 6.52. The van der Waals surface area contributed by atoms with Gasteiger partial charge < -0.3 is 4.74 Å². The number of nitrogens with zero attached hydrogens (tertiary/aromatic N) is 2. The predicted octanol–water partition coefficient (Wildman–Crippen LogP) is 7.96. The second-order valence-electron chi connectivity index (χ2n) is 8.78. The lowest BCUT2D eigenvalue weighted by atomic mass is 9.92. The van der Waals surface area contributed by atoms with Gasteiger partial charge in [-0.15, -0.1) is 0 Å². The first-order valence-electron chi connectivity index (χ1n) is 12.3. The molecule has 178 valence electrons. The van der Waals surface area contributed by atoms with Crippen molar-refractivity contribution in [3.63, 3.8) is 0 Å². The van der Waals surface area contributed by atoms with Gasteiger partial charge in [0.15, 0.2) is 5.69 Å². The van der Waals surface area contributed by atoms with E-state index in [0.717, 1.165) is 44.1 Å². The van der Waals surface area contributed by atoms with Crippen molar-refractivity contribution in [2.75, 3.05) is 6.61 Å². The second-order valence-corrected chi connectivity index (χ2v) is 8.78. The van der Waals surface area contributed by atoms with Crippen molar-refractivity contribution in [2.45, 2.75) is 6.92 Å². The Hall–Kier alpha value is -4.83. The summed E-state index contributed by atoms with van der Waals surface area (Å²) in [5, 5.41) is 2.57. The third-order valence-electron chi connectivity index (χ3n) is 6.52. The van der Waals surface area contributed by atoms with Crippen LogP contribution < -0.4 is 0 Å². The van der Waals surface area contributed by atoms with Crippen LogP contribution in [0.1, 0.15) is 17.4 Å². The van der Waals surface area contributed by atoms with Gasteiger partial charge in [-0.3, -0.25) is 4.98 Å². The highest BCUT2D eigenvalue weighted by atomic mass is 16.5. The maximum atomic E-state index is 13.3. The summed E-state index contributed by atoms with van der Waals surface area (Å²) in [6.45, 7) is 2.07. The van der Waals surface area contributed by atoms with Crippen molar-refractivity contribution in [2.24, 2.45) is 0 Å². The SMILES string of the molecule is CCOC(=O)c1nc2c(-c3ccccc3)cc(-c3ccccc3)cc2c2ccnc(-c3ccccc3)c12. The molecule has 4 nitrogen and oxygen atoms in total. The molecule has 0 amide bonds. The smallest absolute Gasteiger partial charge is 0.357 e. The van der Waals surface area contributed by atoms with E-state index >= 15 is 0 Å². The van der Waals surface area contributed by atoms with E-state index in [1.54, 1.807) is 13.1 Å². The van der Waals surface area contributed by atoms with Gasteiger partial charge in [0.1, 0.15) is 0 Å². The Balaban J connectivity index is 1.78. The zero-order valence-corrected chi connectivity index (χ0v) is 20.4. The Labute approximate surface area is 215 Å². The molecule has 0 spiro atoms. The van der Waals surface area contributed by atoms with Gasteiger partial charge in [-0.2, -0.15) is 0 Å². The molecule has 6 aromatic rings. The molecule has 4 aromatic carbocycles. The molecule has 6 rings (SSSR count). The number of rotatable bonds is 5. The first kappa shape index (κ1) is 22.6. The zero-order valence-electron chi connectivity index (χ0n) is 20.4. The lowest BCUT2D eigenvalue weighted by molar-refractivity contribution is 0.0522. The largest absolute Gasteiger partial charge is 0.461 e. The molecule has 4 heteroatoms. The van der Waals surface area contributed by atoms with E-state index < -0.39 is 5.97 Å². The van der Waals surface area contributed by atoms with Gasteiger partial charge in [0.2, 0.25) is 0 Å². The van der Waals surface area contributed by atoms with Crippen molar-refractivity contribution >= 4 is 27.6 Å². The normalized spacial score (nSPS) is 11.1. The fourth-order valence-corrected chi connectivity index (χ4v) is 4.85. The first-order valence-corrected chi connectivity index (χ1v) is 12.3. The molecule has 0 aliphatic carbocycles. The fourth-order valence-electron chi connectivity index (χ4n) is 4.85.